The zero-order valence-electron chi connectivity index (χ0n) is 16.5. The van der Waals surface area contributed by atoms with Crippen molar-refractivity contribution in [3.05, 3.63) is 58.9 Å². The maximum absolute atomic E-state index is 12.6. The second-order valence-corrected chi connectivity index (χ2v) is 6.73. The highest BCUT2D eigenvalue weighted by Gasteiger charge is 2.28. The van der Waals surface area contributed by atoms with E-state index in [-0.39, 0.29) is 29.9 Å². The number of aromatic nitrogens is 1. The largest absolute Gasteiger partial charge is 0.484 e. The van der Waals surface area contributed by atoms with Gasteiger partial charge in [-0.3, -0.25) is 14.6 Å². The van der Waals surface area contributed by atoms with Crippen LogP contribution in [0.2, 0.25) is 0 Å². The zero-order valence-corrected chi connectivity index (χ0v) is 16.5. The molecule has 29 heavy (non-hydrogen) atoms. The van der Waals surface area contributed by atoms with Crippen LogP contribution in [0.4, 0.5) is 13.2 Å². The van der Waals surface area contributed by atoms with Crippen molar-refractivity contribution in [2.24, 2.45) is 0 Å². The number of amides is 1. The molecule has 2 aromatic rings. The monoisotopic (exact) mass is 408 g/mol. The molecule has 2 rings (SSSR count). The molecule has 0 bridgehead atoms. The van der Waals surface area contributed by atoms with Crippen LogP contribution < -0.4 is 10.1 Å². The standard InChI is InChI=1S/C21H23F3N2O3/c1-4-18(27)11-17-10-16(9-13(2)25-17)20(28)26-14(3)15-5-7-19(8-6-15)29-12-21(22,23)24/h5-10,14H,4,11-12H2,1-3H3,(H,26,28). The molecule has 1 aromatic heterocycles. The van der Waals surface area contributed by atoms with Crippen molar-refractivity contribution in [3.63, 3.8) is 0 Å². The fraction of sp³-hybridized carbons (Fsp3) is 0.381. The smallest absolute Gasteiger partial charge is 0.422 e. The van der Waals surface area contributed by atoms with Crippen molar-refractivity contribution in [2.45, 2.75) is 45.8 Å². The Hall–Kier alpha value is -2.90. The van der Waals surface area contributed by atoms with Crippen molar-refractivity contribution in [1.82, 2.24) is 10.3 Å². The second-order valence-electron chi connectivity index (χ2n) is 6.73. The Morgan fingerprint density at radius 2 is 1.83 bits per heavy atom. The summed E-state index contributed by atoms with van der Waals surface area (Å²) in [7, 11) is 0. The van der Waals surface area contributed by atoms with Crippen molar-refractivity contribution >= 4 is 11.7 Å². The quantitative estimate of drug-likeness (QED) is 0.705. The van der Waals surface area contributed by atoms with Gasteiger partial charge >= 0.3 is 6.18 Å². The summed E-state index contributed by atoms with van der Waals surface area (Å²) in [6.45, 7) is 3.93. The first-order valence-electron chi connectivity index (χ1n) is 9.17. The van der Waals surface area contributed by atoms with Crippen LogP contribution >= 0.6 is 0 Å². The lowest BCUT2D eigenvalue weighted by Crippen LogP contribution is -2.27. The molecule has 0 aliphatic rings. The molecule has 0 spiro atoms. The molecule has 0 aliphatic heterocycles. The summed E-state index contributed by atoms with van der Waals surface area (Å²) in [6.07, 6.45) is -3.83. The molecular weight excluding hydrogens is 385 g/mol. The molecule has 1 heterocycles. The normalized spacial score (nSPS) is 12.3. The van der Waals surface area contributed by atoms with E-state index in [0.717, 1.165) is 0 Å². The lowest BCUT2D eigenvalue weighted by molar-refractivity contribution is -0.153. The predicted molar refractivity (Wildman–Crippen MR) is 102 cm³/mol. The summed E-state index contributed by atoms with van der Waals surface area (Å²) in [4.78, 5) is 28.5. The number of nitrogens with one attached hydrogen (secondary N) is 1. The van der Waals surface area contributed by atoms with Crippen LogP contribution in [0.15, 0.2) is 36.4 Å². The van der Waals surface area contributed by atoms with Gasteiger partial charge in [0.2, 0.25) is 0 Å². The van der Waals surface area contributed by atoms with Crippen molar-refractivity contribution in [2.75, 3.05) is 6.61 Å². The van der Waals surface area contributed by atoms with E-state index in [1.54, 1.807) is 45.0 Å². The molecule has 0 saturated heterocycles. The second kappa shape index (κ2) is 9.54. The SMILES string of the molecule is CCC(=O)Cc1cc(C(=O)NC(C)c2ccc(OCC(F)(F)F)cc2)cc(C)n1. The molecule has 5 nitrogen and oxygen atoms in total. The zero-order chi connectivity index (χ0) is 21.6. The molecule has 0 radical (unpaired) electrons. The van der Waals surface area contributed by atoms with Crippen LogP contribution in [0.25, 0.3) is 0 Å². The van der Waals surface area contributed by atoms with Gasteiger partial charge in [0.1, 0.15) is 11.5 Å². The van der Waals surface area contributed by atoms with Crippen LogP contribution in [0, 0.1) is 6.92 Å². The molecule has 0 aliphatic carbocycles. The average molecular weight is 408 g/mol. The molecule has 156 valence electrons. The first-order chi connectivity index (χ1) is 13.6. The highest BCUT2D eigenvalue weighted by molar-refractivity contribution is 5.95. The highest BCUT2D eigenvalue weighted by atomic mass is 19.4. The number of alkyl halides is 3. The Bertz CT molecular complexity index is 864. The van der Waals surface area contributed by atoms with Crippen LogP contribution in [0.1, 0.15) is 53.6 Å². The van der Waals surface area contributed by atoms with E-state index in [1.165, 1.54) is 12.1 Å². The van der Waals surface area contributed by atoms with Gasteiger partial charge in [-0.2, -0.15) is 13.2 Å². The van der Waals surface area contributed by atoms with Crippen LogP contribution in [0.5, 0.6) is 5.75 Å². The third kappa shape index (κ3) is 7.21. The number of Topliss-reactive ketones (excluding diaryl/α,β-unsaturated/α-hetero) is 1. The number of pyridine rings is 1. The number of carbonyl (C=O) groups is 2. The lowest BCUT2D eigenvalue weighted by atomic mass is 10.1. The van der Waals surface area contributed by atoms with Gasteiger partial charge < -0.3 is 10.1 Å². The van der Waals surface area contributed by atoms with E-state index in [4.69, 9.17) is 0 Å². The minimum absolute atomic E-state index is 0.0376. The van der Waals surface area contributed by atoms with Crippen molar-refractivity contribution in [3.8, 4) is 5.75 Å². The maximum atomic E-state index is 12.6. The van der Waals surface area contributed by atoms with Gasteiger partial charge in [-0.15, -0.1) is 0 Å². The summed E-state index contributed by atoms with van der Waals surface area (Å²) in [5.74, 6) is -0.194. The van der Waals surface area contributed by atoms with Gasteiger partial charge in [-0.1, -0.05) is 19.1 Å². The van der Waals surface area contributed by atoms with E-state index in [0.29, 0.717) is 28.9 Å². The molecule has 1 unspecified atom stereocenters. The number of hydrogen-bond acceptors (Lipinski definition) is 4. The van der Waals surface area contributed by atoms with Crippen molar-refractivity contribution < 1.29 is 27.5 Å². The molecular formula is C21H23F3N2O3. The number of hydrogen-bond donors (Lipinski definition) is 1. The fourth-order valence-corrected chi connectivity index (χ4v) is 2.67. The number of carbonyl (C=O) groups excluding carboxylic acids is 2. The Kier molecular flexibility index (Phi) is 7.36. The minimum Gasteiger partial charge on any atom is -0.484 e. The number of rotatable bonds is 8. The molecule has 1 atom stereocenters. The molecule has 8 heteroatoms. The lowest BCUT2D eigenvalue weighted by Gasteiger charge is -2.16. The van der Waals surface area contributed by atoms with E-state index in [9.17, 15) is 22.8 Å². The third-order valence-electron chi connectivity index (χ3n) is 4.17. The van der Waals surface area contributed by atoms with Crippen molar-refractivity contribution in [1.29, 1.82) is 0 Å². The van der Waals surface area contributed by atoms with Crippen LogP contribution in [-0.2, 0) is 11.2 Å². The Morgan fingerprint density at radius 1 is 1.17 bits per heavy atom. The highest BCUT2D eigenvalue weighted by Crippen LogP contribution is 2.21. The Balaban J connectivity index is 2.04. The van der Waals surface area contributed by atoms with Gasteiger partial charge in [0.25, 0.3) is 5.91 Å². The van der Waals surface area contributed by atoms with Crippen LogP contribution in [0.3, 0.4) is 0 Å². The van der Waals surface area contributed by atoms with E-state index >= 15 is 0 Å². The number of nitrogens with zero attached hydrogens (tertiary/aromatic N) is 1. The first-order valence-corrected chi connectivity index (χ1v) is 9.17. The predicted octanol–water partition coefficient (Wildman–Crippen LogP) is 4.34. The van der Waals surface area contributed by atoms with E-state index in [1.807, 2.05) is 0 Å². The third-order valence-corrected chi connectivity index (χ3v) is 4.17. The summed E-state index contributed by atoms with van der Waals surface area (Å²) in [5, 5.41) is 2.84. The Morgan fingerprint density at radius 3 is 2.41 bits per heavy atom. The van der Waals surface area contributed by atoms with Gasteiger partial charge in [0.05, 0.1) is 6.04 Å². The molecule has 1 amide bonds. The topological polar surface area (TPSA) is 68.3 Å². The van der Waals surface area contributed by atoms with E-state index < -0.39 is 12.8 Å². The molecule has 1 aromatic carbocycles. The fourth-order valence-electron chi connectivity index (χ4n) is 2.67. The Labute approximate surface area is 167 Å². The first kappa shape index (κ1) is 22.4. The van der Waals surface area contributed by atoms with Crippen LogP contribution in [-0.4, -0.2) is 29.5 Å². The average Bonchev–Trinajstić information content (AvgIpc) is 2.65. The minimum atomic E-state index is -4.40. The van der Waals surface area contributed by atoms with Gasteiger partial charge in [0, 0.05) is 29.8 Å². The number of benzene rings is 1. The summed E-state index contributed by atoms with van der Waals surface area (Å²) < 4.78 is 41.3. The molecule has 0 fully saturated rings. The molecule has 0 saturated carbocycles. The van der Waals surface area contributed by atoms with Gasteiger partial charge in [0.15, 0.2) is 6.61 Å². The summed E-state index contributed by atoms with van der Waals surface area (Å²) in [6, 6.07) is 8.89. The number of halogens is 3. The van der Waals surface area contributed by atoms with Gasteiger partial charge in [-0.05, 0) is 43.7 Å². The molecule has 1 N–H and O–H groups in total. The number of ketones is 1. The number of aryl methyl sites for hydroxylation is 1. The van der Waals surface area contributed by atoms with Gasteiger partial charge in [-0.25, -0.2) is 0 Å². The summed E-state index contributed by atoms with van der Waals surface area (Å²) >= 11 is 0. The summed E-state index contributed by atoms with van der Waals surface area (Å²) in [5.41, 5.74) is 2.29. The number of ether oxygens (including phenoxy) is 1. The maximum Gasteiger partial charge on any atom is 0.422 e. The van der Waals surface area contributed by atoms with E-state index in [2.05, 4.69) is 15.0 Å².